The highest BCUT2D eigenvalue weighted by atomic mass is 19.3. The Morgan fingerprint density at radius 2 is 2.08 bits per heavy atom. The molecule has 0 aliphatic heterocycles. The maximum atomic E-state index is 12.8. The second-order valence-corrected chi connectivity index (χ2v) is 5.45. The van der Waals surface area contributed by atoms with Crippen LogP contribution in [-0.4, -0.2) is 34.1 Å². The summed E-state index contributed by atoms with van der Waals surface area (Å²) in [4.78, 5) is 17.4. The van der Waals surface area contributed by atoms with E-state index in [9.17, 15) is 13.6 Å². The van der Waals surface area contributed by atoms with Gasteiger partial charge in [0.25, 0.3) is 0 Å². The number of rotatable bonds is 8. The highest BCUT2D eigenvalue weighted by molar-refractivity contribution is 5.73. The summed E-state index contributed by atoms with van der Waals surface area (Å²) in [6, 6.07) is 7.30. The number of imidazole rings is 1. The molecule has 0 fully saturated rings. The third-order valence-electron chi connectivity index (χ3n) is 3.69. The van der Waals surface area contributed by atoms with Gasteiger partial charge in [0.05, 0.1) is 13.2 Å². The zero-order chi connectivity index (χ0) is 18.2. The molecule has 6 nitrogen and oxygen atoms in total. The number of hydrogen-bond acceptors (Lipinski definition) is 3. The summed E-state index contributed by atoms with van der Waals surface area (Å²) in [6.45, 7) is 0.645. The van der Waals surface area contributed by atoms with Gasteiger partial charge < -0.3 is 15.0 Å². The molecule has 2 amide bonds. The van der Waals surface area contributed by atoms with E-state index in [1.54, 1.807) is 0 Å². The van der Waals surface area contributed by atoms with Gasteiger partial charge in [-0.2, -0.15) is 8.78 Å². The summed E-state index contributed by atoms with van der Waals surface area (Å²) in [6.07, 6.45) is 2.48. The van der Waals surface area contributed by atoms with Crippen molar-refractivity contribution in [1.82, 2.24) is 19.8 Å². The molecule has 1 N–H and O–H groups in total. The van der Waals surface area contributed by atoms with Crippen molar-refractivity contribution in [2.45, 2.75) is 33.2 Å². The molecular weight excluding hydrogens is 330 g/mol. The van der Waals surface area contributed by atoms with Crippen molar-refractivity contribution in [1.29, 1.82) is 0 Å². The molecule has 0 saturated heterocycles. The van der Waals surface area contributed by atoms with Gasteiger partial charge in [0, 0.05) is 32.6 Å². The molecule has 0 aliphatic rings. The molecule has 0 radical (unpaired) electrons. The number of urea groups is 1. The minimum Gasteiger partial charge on any atom is -0.377 e. The van der Waals surface area contributed by atoms with Gasteiger partial charge in [0.1, 0.15) is 5.82 Å². The van der Waals surface area contributed by atoms with Crippen molar-refractivity contribution in [2.24, 2.45) is 0 Å². The van der Waals surface area contributed by atoms with Crippen LogP contribution in [0.5, 0.6) is 0 Å². The zero-order valence-corrected chi connectivity index (χ0v) is 14.3. The highest BCUT2D eigenvalue weighted by Gasteiger charge is 2.16. The predicted octanol–water partition coefficient (Wildman–Crippen LogP) is 3.16. The van der Waals surface area contributed by atoms with E-state index < -0.39 is 6.55 Å². The molecular formula is C17H22F2N4O2. The molecule has 1 aromatic carbocycles. The first-order valence-electron chi connectivity index (χ1n) is 7.96. The fourth-order valence-electron chi connectivity index (χ4n) is 2.32. The third-order valence-corrected chi connectivity index (χ3v) is 3.69. The van der Waals surface area contributed by atoms with E-state index in [0.717, 1.165) is 15.7 Å². The normalized spacial score (nSPS) is 10.9. The van der Waals surface area contributed by atoms with E-state index >= 15 is 0 Å². The van der Waals surface area contributed by atoms with Gasteiger partial charge in [0.15, 0.2) is 0 Å². The maximum absolute atomic E-state index is 12.8. The lowest BCUT2D eigenvalue weighted by molar-refractivity contribution is 0.0651. The Bertz CT molecular complexity index is 691. The number of halogens is 2. The van der Waals surface area contributed by atoms with E-state index in [-0.39, 0.29) is 18.4 Å². The van der Waals surface area contributed by atoms with Crippen LogP contribution < -0.4 is 5.32 Å². The van der Waals surface area contributed by atoms with Gasteiger partial charge >= 0.3 is 12.6 Å². The van der Waals surface area contributed by atoms with Crippen LogP contribution >= 0.6 is 0 Å². The average Bonchev–Trinajstić information content (AvgIpc) is 3.06. The van der Waals surface area contributed by atoms with E-state index in [1.165, 1.54) is 24.3 Å². The molecule has 1 aromatic heterocycles. The van der Waals surface area contributed by atoms with Crippen LogP contribution in [-0.2, 0) is 24.4 Å². The number of alkyl halides is 2. The predicted molar refractivity (Wildman–Crippen MR) is 89.0 cm³/mol. The van der Waals surface area contributed by atoms with Gasteiger partial charge in [-0.1, -0.05) is 24.3 Å². The van der Waals surface area contributed by atoms with E-state index in [4.69, 9.17) is 4.74 Å². The summed E-state index contributed by atoms with van der Waals surface area (Å²) in [7, 11) is 1.53. The Morgan fingerprint density at radius 1 is 1.36 bits per heavy atom. The summed E-state index contributed by atoms with van der Waals surface area (Å²) in [5.41, 5.74) is 1.95. The van der Waals surface area contributed by atoms with Gasteiger partial charge in [0.2, 0.25) is 0 Å². The second kappa shape index (κ2) is 9.12. The SMILES string of the molecule is CCOCc1ccccc1CNC(=O)N(C)Cc1nccn1C(F)F. The van der Waals surface area contributed by atoms with Crippen LogP contribution in [0.1, 0.15) is 30.4 Å². The number of aromatic nitrogens is 2. The quantitative estimate of drug-likeness (QED) is 0.794. The lowest BCUT2D eigenvalue weighted by Gasteiger charge is -2.19. The van der Waals surface area contributed by atoms with Gasteiger partial charge in [-0.3, -0.25) is 4.57 Å². The molecule has 0 spiro atoms. The lowest BCUT2D eigenvalue weighted by atomic mass is 10.1. The molecule has 0 aliphatic carbocycles. The standard InChI is InChI=1S/C17H22F2N4O2/c1-3-25-12-14-7-5-4-6-13(14)10-21-17(24)22(2)11-15-20-8-9-23(15)16(18)19/h4-9,16H,3,10-12H2,1-2H3,(H,21,24). The highest BCUT2D eigenvalue weighted by Crippen LogP contribution is 2.14. The van der Waals surface area contributed by atoms with Crippen LogP contribution in [0, 0.1) is 0 Å². The first kappa shape index (κ1) is 18.9. The lowest BCUT2D eigenvalue weighted by Crippen LogP contribution is -2.37. The summed E-state index contributed by atoms with van der Waals surface area (Å²) >= 11 is 0. The molecule has 2 rings (SSSR count). The van der Waals surface area contributed by atoms with E-state index in [0.29, 0.717) is 19.8 Å². The first-order valence-corrected chi connectivity index (χ1v) is 7.96. The van der Waals surface area contributed by atoms with Gasteiger partial charge in [-0.05, 0) is 18.1 Å². The largest absolute Gasteiger partial charge is 0.377 e. The van der Waals surface area contributed by atoms with Crippen LogP contribution in [0.15, 0.2) is 36.7 Å². The third kappa shape index (κ3) is 5.25. The van der Waals surface area contributed by atoms with Crippen LogP contribution in [0.3, 0.4) is 0 Å². The Balaban J connectivity index is 1.92. The zero-order valence-electron chi connectivity index (χ0n) is 14.3. The van der Waals surface area contributed by atoms with Gasteiger partial charge in [-0.15, -0.1) is 0 Å². The van der Waals surface area contributed by atoms with E-state index in [1.807, 2.05) is 31.2 Å². The Labute approximate surface area is 145 Å². The number of hydrogen-bond donors (Lipinski definition) is 1. The Kier molecular flexibility index (Phi) is 6.88. The van der Waals surface area contributed by atoms with Crippen molar-refractivity contribution in [3.63, 3.8) is 0 Å². The summed E-state index contributed by atoms with van der Waals surface area (Å²) in [5, 5.41) is 2.78. The minimum atomic E-state index is -2.68. The minimum absolute atomic E-state index is 0.0102. The number of benzene rings is 1. The van der Waals surface area contributed by atoms with Crippen molar-refractivity contribution < 1.29 is 18.3 Å². The molecule has 136 valence electrons. The number of carbonyl (C=O) groups excluding carboxylic acids is 1. The summed E-state index contributed by atoms with van der Waals surface area (Å²) < 4.78 is 31.8. The number of nitrogens with zero attached hydrogens (tertiary/aromatic N) is 3. The topological polar surface area (TPSA) is 59.4 Å². The molecule has 0 saturated carbocycles. The number of nitrogens with one attached hydrogen (secondary N) is 1. The van der Waals surface area contributed by atoms with Gasteiger partial charge in [-0.25, -0.2) is 9.78 Å². The first-order chi connectivity index (χ1) is 12.0. The molecule has 0 unspecified atom stereocenters. The van der Waals surface area contributed by atoms with E-state index in [2.05, 4.69) is 10.3 Å². The smallest absolute Gasteiger partial charge is 0.319 e. The molecule has 2 aromatic rings. The van der Waals surface area contributed by atoms with Crippen LogP contribution in [0.2, 0.25) is 0 Å². The molecule has 8 heteroatoms. The number of carbonyl (C=O) groups is 1. The summed E-state index contributed by atoms with van der Waals surface area (Å²) in [5.74, 6) is 0.129. The van der Waals surface area contributed by atoms with Crippen molar-refractivity contribution in [3.05, 3.63) is 53.6 Å². The fraction of sp³-hybridized carbons (Fsp3) is 0.412. The molecule has 1 heterocycles. The average molecular weight is 352 g/mol. The van der Waals surface area contributed by atoms with Crippen LogP contribution in [0.4, 0.5) is 13.6 Å². The van der Waals surface area contributed by atoms with Crippen molar-refractivity contribution in [3.8, 4) is 0 Å². The van der Waals surface area contributed by atoms with Crippen molar-refractivity contribution >= 4 is 6.03 Å². The Hall–Kier alpha value is -2.48. The maximum Gasteiger partial charge on any atom is 0.319 e. The molecule has 25 heavy (non-hydrogen) atoms. The second-order valence-electron chi connectivity index (χ2n) is 5.45. The monoisotopic (exact) mass is 352 g/mol. The number of ether oxygens (including phenoxy) is 1. The Morgan fingerprint density at radius 3 is 2.76 bits per heavy atom. The number of amides is 2. The fourth-order valence-corrected chi connectivity index (χ4v) is 2.32. The molecule has 0 atom stereocenters. The van der Waals surface area contributed by atoms with Crippen LogP contribution in [0.25, 0.3) is 0 Å². The molecule has 0 bridgehead atoms. The van der Waals surface area contributed by atoms with Crippen molar-refractivity contribution in [2.75, 3.05) is 13.7 Å².